The molecule has 0 fully saturated rings. The second kappa shape index (κ2) is 3.34. The summed E-state index contributed by atoms with van der Waals surface area (Å²) in [6, 6.07) is -1.26. The van der Waals surface area contributed by atoms with E-state index in [9.17, 15) is 4.79 Å². The van der Waals surface area contributed by atoms with Crippen LogP contribution in [0.5, 0.6) is 0 Å². The van der Waals surface area contributed by atoms with Gasteiger partial charge in [-0.15, -0.1) is 0 Å². The molecule has 0 unspecified atom stereocenters. The maximum absolute atomic E-state index is 11.0. The van der Waals surface area contributed by atoms with E-state index >= 15 is 0 Å². The summed E-state index contributed by atoms with van der Waals surface area (Å²) in [7, 11) is 1.13. The fourth-order valence-electron chi connectivity index (χ4n) is 0.489. The normalized spacial score (nSPS) is 13.1. The SMILES string of the molecule is [2H]c1c(Cl)nc(C(=O)OC)c([2H])c1[2H]. The second-order valence-corrected chi connectivity index (χ2v) is 1.98. The zero-order valence-corrected chi connectivity index (χ0v) is 6.40. The van der Waals surface area contributed by atoms with Gasteiger partial charge in [-0.3, -0.25) is 0 Å². The zero-order chi connectivity index (χ0) is 10.9. The third-order valence-corrected chi connectivity index (χ3v) is 1.11. The average Bonchev–Trinajstić information content (AvgIpc) is 2.19. The number of ether oxygens (including phenoxy) is 1. The summed E-state index contributed by atoms with van der Waals surface area (Å²) < 4.78 is 26.2. The Morgan fingerprint density at radius 2 is 2.55 bits per heavy atom. The van der Waals surface area contributed by atoms with Crippen molar-refractivity contribution in [2.45, 2.75) is 0 Å². The molecule has 3 nitrogen and oxygen atoms in total. The van der Waals surface area contributed by atoms with E-state index in [1.165, 1.54) is 0 Å². The van der Waals surface area contributed by atoms with Crippen LogP contribution in [0, 0.1) is 0 Å². The summed E-state index contributed by atoms with van der Waals surface area (Å²) in [4.78, 5) is 14.5. The fraction of sp³-hybridized carbons (Fsp3) is 0.143. The molecule has 1 heterocycles. The molecule has 58 valence electrons. The fourth-order valence-corrected chi connectivity index (χ4v) is 0.621. The van der Waals surface area contributed by atoms with Gasteiger partial charge < -0.3 is 4.74 Å². The largest absolute Gasteiger partial charge is 0.464 e. The topological polar surface area (TPSA) is 39.2 Å². The standard InChI is InChI=1S/C7H6ClNO2/c1-11-7(10)5-3-2-4-6(8)9-5/h2-4H,1H3/i2D,3D,4D. The van der Waals surface area contributed by atoms with E-state index < -0.39 is 18.1 Å². The van der Waals surface area contributed by atoms with E-state index in [0.717, 1.165) is 7.11 Å². The van der Waals surface area contributed by atoms with Crippen molar-refractivity contribution >= 4 is 17.6 Å². The summed E-state index contributed by atoms with van der Waals surface area (Å²) in [6.45, 7) is 0. The van der Waals surface area contributed by atoms with Crippen LogP contribution in [-0.4, -0.2) is 18.1 Å². The lowest BCUT2D eigenvalue weighted by Gasteiger charge is -1.96. The molecule has 0 aromatic carbocycles. The zero-order valence-electron chi connectivity index (χ0n) is 8.64. The molecule has 0 radical (unpaired) electrons. The molecule has 0 saturated heterocycles. The van der Waals surface area contributed by atoms with Crippen molar-refractivity contribution < 1.29 is 13.6 Å². The first-order valence-electron chi connectivity index (χ1n) is 4.20. The molecular weight excluding hydrogens is 166 g/mol. The highest BCUT2D eigenvalue weighted by Gasteiger charge is 2.05. The predicted molar refractivity (Wildman–Crippen MR) is 40.6 cm³/mol. The quantitative estimate of drug-likeness (QED) is 0.479. The van der Waals surface area contributed by atoms with Crippen molar-refractivity contribution in [3.05, 3.63) is 29.0 Å². The third-order valence-electron chi connectivity index (χ3n) is 0.935. The Hall–Kier alpha value is -1.09. The summed E-state index contributed by atoms with van der Waals surface area (Å²) >= 11 is 5.48. The number of esters is 1. The molecule has 0 aliphatic heterocycles. The summed E-state index contributed by atoms with van der Waals surface area (Å²) in [5, 5.41) is -0.286. The molecule has 0 amide bonds. The van der Waals surface area contributed by atoms with Gasteiger partial charge in [0.2, 0.25) is 0 Å². The Balaban J connectivity index is 3.40. The molecule has 0 bridgehead atoms. The van der Waals surface area contributed by atoms with Gasteiger partial charge in [-0.25, -0.2) is 9.78 Å². The van der Waals surface area contributed by atoms with Gasteiger partial charge >= 0.3 is 5.97 Å². The van der Waals surface area contributed by atoms with Crippen LogP contribution in [0.25, 0.3) is 0 Å². The van der Waals surface area contributed by atoms with E-state index in [2.05, 4.69) is 9.72 Å². The molecule has 1 aromatic rings. The van der Waals surface area contributed by atoms with Gasteiger partial charge in [0.05, 0.1) is 11.2 Å². The molecular formula is C7H6ClNO2. The van der Waals surface area contributed by atoms with E-state index in [-0.39, 0.29) is 16.9 Å². The maximum atomic E-state index is 11.0. The van der Waals surface area contributed by atoms with Crippen molar-refractivity contribution in [1.82, 2.24) is 4.98 Å². The maximum Gasteiger partial charge on any atom is 0.356 e. The Morgan fingerprint density at radius 3 is 3.18 bits per heavy atom. The van der Waals surface area contributed by atoms with Gasteiger partial charge in [0.25, 0.3) is 0 Å². The van der Waals surface area contributed by atoms with Crippen LogP contribution in [0.2, 0.25) is 5.15 Å². The van der Waals surface area contributed by atoms with Gasteiger partial charge in [-0.2, -0.15) is 0 Å². The van der Waals surface area contributed by atoms with Crippen LogP contribution in [0.1, 0.15) is 14.6 Å². The molecule has 0 aliphatic carbocycles. The molecule has 11 heavy (non-hydrogen) atoms. The molecule has 0 aliphatic rings. The predicted octanol–water partition coefficient (Wildman–Crippen LogP) is 1.52. The van der Waals surface area contributed by atoms with Crippen LogP contribution in [0.3, 0.4) is 0 Å². The van der Waals surface area contributed by atoms with Crippen LogP contribution in [-0.2, 0) is 4.74 Å². The lowest BCUT2D eigenvalue weighted by molar-refractivity contribution is 0.0594. The number of carbonyl (C=O) groups is 1. The summed E-state index contributed by atoms with van der Waals surface area (Å²) in [6.07, 6.45) is 0. The molecule has 1 aromatic heterocycles. The highest BCUT2D eigenvalue weighted by atomic mass is 35.5. The number of aromatic nitrogens is 1. The minimum absolute atomic E-state index is 0.286. The van der Waals surface area contributed by atoms with E-state index in [4.69, 9.17) is 15.7 Å². The van der Waals surface area contributed by atoms with Crippen LogP contribution < -0.4 is 0 Å². The van der Waals surface area contributed by atoms with Crippen LogP contribution in [0.15, 0.2) is 18.1 Å². The first kappa shape index (κ1) is 4.72. The molecule has 0 spiro atoms. The highest BCUT2D eigenvalue weighted by Crippen LogP contribution is 2.05. The van der Waals surface area contributed by atoms with Gasteiger partial charge in [-0.1, -0.05) is 17.6 Å². The second-order valence-electron chi connectivity index (χ2n) is 1.62. The molecule has 1 rings (SSSR count). The summed E-state index contributed by atoms with van der Waals surface area (Å²) in [5.41, 5.74) is -0.349. The minimum atomic E-state index is -0.842. The van der Waals surface area contributed by atoms with Gasteiger partial charge in [0.1, 0.15) is 10.8 Å². The Bertz CT molecular complexity index is 397. The minimum Gasteiger partial charge on any atom is -0.464 e. The van der Waals surface area contributed by atoms with Crippen molar-refractivity contribution in [3.63, 3.8) is 0 Å². The third kappa shape index (κ3) is 1.91. The monoisotopic (exact) mass is 174 g/mol. The number of rotatable bonds is 1. The smallest absolute Gasteiger partial charge is 0.356 e. The van der Waals surface area contributed by atoms with Crippen molar-refractivity contribution in [1.29, 1.82) is 0 Å². The first-order valence-corrected chi connectivity index (χ1v) is 3.08. The van der Waals surface area contributed by atoms with Gasteiger partial charge in [0, 0.05) is 0 Å². The van der Waals surface area contributed by atoms with Gasteiger partial charge in [-0.05, 0) is 12.1 Å². The van der Waals surface area contributed by atoms with Crippen molar-refractivity contribution in [2.75, 3.05) is 7.11 Å². The number of halogens is 1. The number of hydrogen-bond acceptors (Lipinski definition) is 3. The number of pyridine rings is 1. The lowest BCUT2D eigenvalue weighted by Crippen LogP contribution is -2.03. The molecule has 0 atom stereocenters. The molecule has 0 N–H and O–H groups in total. The van der Waals surface area contributed by atoms with Crippen molar-refractivity contribution in [3.8, 4) is 0 Å². The lowest BCUT2D eigenvalue weighted by atomic mass is 10.4. The number of methoxy groups -OCH3 is 1. The highest BCUT2D eigenvalue weighted by molar-refractivity contribution is 6.29. The first-order chi connectivity index (χ1) is 6.49. The van der Waals surface area contributed by atoms with Crippen LogP contribution >= 0.6 is 11.6 Å². The van der Waals surface area contributed by atoms with Gasteiger partial charge in [0.15, 0.2) is 0 Å². The van der Waals surface area contributed by atoms with E-state index in [1.807, 2.05) is 0 Å². The van der Waals surface area contributed by atoms with E-state index in [0.29, 0.717) is 0 Å². The number of carbonyl (C=O) groups excluding carboxylic acids is 1. The van der Waals surface area contributed by atoms with Crippen molar-refractivity contribution in [2.24, 2.45) is 0 Å². The molecule has 4 heteroatoms. The van der Waals surface area contributed by atoms with Crippen LogP contribution in [0.4, 0.5) is 0 Å². The Labute approximate surface area is 73.2 Å². The molecule has 0 saturated carbocycles. The Kier molecular flexibility index (Phi) is 1.44. The summed E-state index contributed by atoms with van der Waals surface area (Å²) in [5.74, 6) is -0.842. The number of nitrogens with zero attached hydrogens (tertiary/aromatic N) is 1. The Morgan fingerprint density at radius 1 is 1.82 bits per heavy atom. The van der Waals surface area contributed by atoms with E-state index in [1.54, 1.807) is 0 Å². The number of hydrogen-bond donors (Lipinski definition) is 0. The average molecular weight is 175 g/mol.